The summed E-state index contributed by atoms with van der Waals surface area (Å²) in [5, 5.41) is 2.93. The maximum absolute atomic E-state index is 12.4. The highest BCUT2D eigenvalue weighted by Crippen LogP contribution is 2.18. The fourth-order valence-corrected chi connectivity index (χ4v) is 3.73. The molecule has 0 aromatic heterocycles. The van der Waals surface area contributed by atoms with E-state index in [0.717, 1.165) is 48.4 Å². The number of nitrogens with zero attached hydrogens (tertiary/aromatic N) is 1. The Morgan fingerprint density at radius 3 is 2.68 bits per heavy atom. The second-order valence-corrected chi connectivity index (χ2v) is 8.67. The van der Waals surface area contributed by atoms with E-state index in [2.05, 4.69) is 33.2 Å². The van der Waals surface area contributed by atoms with Crippen LogP contribution in [0.3, 0.4) is 0 Å². The van der Waals surface area contributed by atoms with Crippen LogP contribution in [0.2, 0.25) is 0 Å². The zero-order valence-electron chi connectivity index (χ0n) is 18.2. The Morgan fingerprint density at radius 1 is 1.19 bits per heavy atom. The molecule has 2 aromatic rings. The van der Waals surface area contributed by atoms with Crippen LogP contribution in [0.1, 0.15) is 25.3 Å². The first-order chi connectivity index (χ1) is 15.0. The summed E-state index contributed by atoms with van der Waals surface area (Å²) < 4.78 is 18.0. The standard InChI is InChI=1S/C24H31BrN2O4/c1-18(31-22-8-6-20(25)7-9-22)24(28)26-17-19-4-3-5-23(16-19)30-15-12-27(2)21-10-13-29-14-11-21/h3-9,16,18,21H,10-15,17H2,1-2H3,(H,26,28). The molecule has 1 N–H and O–H groups in total. The van der Waals surface area contributed by atoms with Crippen LogP contribution >= 0.6 is 15.9 Å². The molecular weight excluding hydrogens is 460 g/mol. The van der Waals surface area contributed by atoms with Gasteiger partial charge in [0.1, 0.15) is 18.1 Å². The van der Waals surface area contributed by atoms with Crippen molar-refractivity contribution in [2.75, 3.05) is 33.4 Å². The van der Waals surface area contributed by atoms with E-state index in [-0.39, 0.29) is 5.91 Å². The minimum Gasteiger partial charge on any atom is -0.492 e. The van der Waals surface area contributed by atoms with Gasteiger partial charge < -0.3 is 19.5 Å². The third kappa shape index (κ3) is 7.83. The van der Waals surface area contributed by atoms with Gasteiger partial charge >= 0.3 is 0 Å². The SMILES string of the molecule is CC(Oc1ccc(Br)cc1)C(=O)NCc1cccc(OCCN(C)C2CCOCC2)c1. The second kappa shape index (κ2) is 12.1. The molecule has 0 radical (unpaired) electrons. The van der Waals surface area contributed by atoms with E-state index in [1.807, 2.05) is 48.5 Å². The highest BCUT2D eigenvalue weighted by atomic mass is 79.9. The molecule has 31 heavy (non-hydrogen) atoms. The van der Waals surface area contributed by atoms with Crippen molar-refractivity contribution in [3.63, 3.8) is 0 Å². The van der Waals surface area contributed by atoms with E-state index >= 15 is 0 Å². The van der Waals surface area contributed by atoms with Gasteiger partial charge in [0.25, 0.3) is 5.91 Å². The van der Waals surface area contributed by atoms with Crippen LogP contribution in [-0.4, -0.2) is 56.4 Å². The molecule has 2 aromatic carbocycles. The first kappa shape index (κ1) is 23.6. The zero-order valence-corrected chi connectivity index (χ0v) is 19.8. The van der Waals surface area contributed by atoms with Crippen molar-refractivity contribution in [2.45, 2.75) is 38.5 Å². The Morgan fingerprint density at radius 2 is 1.94 bits per heavy atom. The van der Waals surface area contributed by atoms with Gasteiger partial charge in [-0.05, 0) is 68.8 Å². The maximum Gasteiger partial charge on any atom is 0.261 e. The largest absolute Gasteiger partial charge is 0.492 e. The van der Waals surface area contributed by atoms with E-state index in [9.17, 15) is 4.79 Å². The molecule has 3 rings (SSSR count). The molecule has 1 atom stereocenters. The number of hydrogen-bond acceptors (Lipinski definition) is 5. The normalized spacial score (nSPS) is 15.5. The third-order valence-electron chi connectivity index (χ3n) is 5.39. The minimum atomic E-state index is -0.582. The Bertz CT molecular complexity index is 825. The van der Waals surface area contributed by atoms with E-state index in [0.29, 0.717) is 24.9 Å². The molecule has 1 amide bonds. The molecule has 1 unspecified atom stereocenters. The van der Waals surface area contributed by atoms with Crippen molar-refractivity contribution in [3.05, 3.63) is 58.6 Å². The highest BCUT2D eigenvalue weighted by molar-refractivity contribution is 9.10. The molecule has 0 spiro atoms. The van der Waals surface area contributed by atoms with Gasteiger partial charge in [-0.25, -0.2) is 0 Å². The zero-order chi connectivity index (χ0) is 22.1. The first-order valence-corrected chi connectivity index (χ1v) is 11.5. The highest BCUT2D eigenvalue weighted by Gasteiger charge is 2.18. The van der Waals surface area contributed by atoms with Gasteiger partial charge in [-0.2, -0.15) is 0 Å². The van der Waals surface area contributed by atoms with Crippen molar-refractivity contribution >= 4 is 21.8 Å². The number of carbonyl (C=O) groups is 1. The predicted molar refractivity (Wildman–Crippen MR) is 124 cm³/mol. The lowest BCUT2D eigenvalue weighted by Gasteiger charge is -2.31. The van der Waals surface area contributed by atoms with Gasteiger partial charge in [0.2, 0.25) is 0 Å². The molecule has 1 fully saturated rings. The molecule has 1 saturated heterocycles. The topological polar surface area (TPSA) is 60.0 Å². The van der Waals surface area contributed by atoms with Gasteiger partial charge in [0, 0.05) is 36.8 Å². The number of halogens is 1. The van der Waals surface area contributed by atoms with Crippen molar-refractivity contribution < 1.29 is 19.0 Å². The molecule has 0 aliphatic carbocycles. The Labute approximate surface area is 193 Å². The van der Waals surface area contributed by atoms with Gasteiger partial charge in [-0.15, -0.1) is 0 Å². The minimum absolute atomic E-state index is 0.160. The quantitative estimate of drug-likeness (QED) is 0.544. The average molecular weight is 491 g/mol. The van der Waals surface area contributed by atoms with Crippen LogP contribution < -0.4 is 14.8 Å². The Hall–Kier alpha value is -2.09. The Balaban J connectivity index is 1.41. The number of rotatable bonds is 10. The smallest absolute Gasteiger partial charge is 0.261 e. The number of amides is 1. The summed E-state index contributed by atoms with van der Waals surface area (Å²) in [6.45, 7) is 5.35. The molecule has 1 aliphatic rings. The molecule has 6 nitrogen and oxygen atoms in total. The lowest BCUT2D eigenvalue weighted by molar-refractivity contribution is -0.127. The van der Waals surface area contributed by atoms with Crippen molar-refractivity contribution in [2.24, 2.45) is 0 Å². The predicted octanol–water partition coefficient (Wildman–Crippen LogP) is 4.02. The third-order valence-corrected chi connectivity index (χ3v) is 5.92. The molecule has 1 aliphatic heterocycles. The fraction of sp³-hybridized carbons (Fsp3) is 0.458. The maximum atomic E-state index is 12.4. The van der Waals surface area contributed by atoms with Gasteiger partial charge in [-0.1, -0.05) is 28.1 Å². The van der Waals surface area contributed by atoms with Crippen LogP contribution in [0.25, 0.3) is 0 Å². The molecule has 0 saturated carbocycles. The number of ether oxygens (including phenoxy) is 3. The number of hydrogen-bond donors (Lipinski definition) is 1. The summed E-state index contributed by atoms with van der Waals surface area (Å²) in [5.41, 5.74) is 0.986. The molecule has 7 heteroatoms. The van der Waals surface area contributed by atoms with Crippen LogP contribution in [0.4, 0.5) is 0 Å². The summed E-state index contributed by atoms with van der Waals surface area (Å²) in [5.74, 6) is 1.31. The fourth-order valence-electron chi connectivity index (χ4n) is 3.46. The summed E-state index contributed by atoms with van der Waals surface area (Å²) in [6, 6.07) is 15.8. The van der Waals surface area contributed by atoms with Crippen molar-refractivity contribution in [1.82, 2.24) is 10.2 Å². The summed E-state index contributed by atoms with van der Waals surface area (Å²) >= 11 is 3.39. The van der Waals surface area contributed by atoms with E-state index in [4.69, 9.17) is 14.2 Å². The van der Waals surface area contributed by atoms with Gasteiger partial charge in [0.05, 0.1) is 0 Å². The number of carbonyl (C=O) groups excluding carboxylic acids is 1. The van der Waals surface area contributed by atoms with Crippen molar-refractivity contribution in [1.29, 1.82) is 0 Å². The van der Waals surface area contributed by atoms with E-state index < -0.39 is 6.10 Å². The Kier molecular flexibility index (Phi) is 9.18. The lowest BCUT2D eigenvalue weighted by atomic mass is 10.1. The summed E-state index contributed by atoms with van der Waals surface area (Å²) in [6.07, 6.45) is 1.58. The van der Waals surface area contributed by atoms with Crippen LogP contribution in [0.15, 0.2) is 53.0 Å². The molecular formula is C24H31BrN2O4. The average Bonchev–Trinajstić information content (AvgIpc) is 2.79. The number of likely N-dealkylation sites (N-methyl/N-ethyl adjacent to an activating group) is 1. The van der Waals surface area contributed by atoms with Gasteiger partial charge in [0.15, 0.2) is 6.10 Å². The van der Waals surface area contributed by atoms with Crippen molar-refractivity contribution in [3.8, 4) is 11.5 Å². The summed E-state index contributed by atoms with van der Waals surface area (Å²) in [7, 11) is 2.14. The molecule has 168 valence electrons. The van der Waals surface area contributed by atoms with Crippen LogP contribution in [0, 0.1) is 0 Å². The molecule has 1 heterocycles. The lowest BCUT2D eigenvalue weighted by Crippen LogP contribution is -2.38. The van der Waals surface area contributed by atoms with Crippen LogP contribution in [0.5, 0.6) is 11.5 Å². The van der Waals surface area contributed by atoms with E-state index in [1.54, 1.807) is 6.92 Å². The van der Waals surface area contributed by atoms with Gasteiger partial charge in [-0.3, -0.25) is 9.69 Å². The second-order valence-electron chi connectivity index (χ2n) is 7.75. The monoisotopic (exact) mass is 490 g/mol. The first-order valence-electron chi connectivity index (χ1n) is 10.7. The van der Waals surface area contributed by atoms with E-state index in [1.165, 1.54) is 0 Å². The number of nitrogens with one attached hydrogen (secondary N) is 1. The van der Waals surface area contributed by atoms with Crippen LogP contribution in [-0.2, 0) is 16.1 Å². The molecule has 0 bridgehead atoms. The number of benzene rings is 2. The summed E-state index contributed by atoms with van der Waals surface area (Å²) in [4.78, 5) is 14.7.